The molecular weight excluding hydrogens is 276 g/mol. The molecule has 0 saturated heterocycles. The molecule has 1 N–H and O–H groups in total. The third-order valence-corrected chi connectivity index (χ3v) is 4.47. The minimum atomic E-state index is 0.705. The van der Waals surface area contributed by atoms with Gasteiger partial charge < -0.3 is 10.2 Å². The topological polar surface area (TPSA) is 15.3 Å². The average molecular weight is 302 g/mol. The molecule has 0 fully saturated rings. The van der Waals surface area contributed by atoms with Gasteiger partial charge in [0.25, 0.3) is 0 Å². The van der Waals surface area contributed by atoms with E-state index in [-0.39, 0.29) is 0 Å². The average Bonchev–Trinajstić information content (AvgIpc) is 2.86. The number of aryl methyl sites for hydroxylation is 1. The highest BCUT2D eigenvalue weighted by molar-refractivity contribution is 7.12. The first-order valence-electron chi connectivity index (χ1n) is 7.60. The van der Waals surface area contributed by atoms with Crippen LogP contribution in [0.1, 0.15) is 29.2 Å². The lowest BCUT2D eigenvalue weighted by molar-refractivity contribution is 0.555. The fourth-order valence-electron chi connectivity index (χ4n) is 2.28. The van der Waals surface area contributed by atoms with E-state index >= 15 is 0 Å². The van der Waals surface area contributed by atoms with Gasteiger partial charge in [0.15, 0.2) is 0 Å². The molecule has 0 atom stereocenters. The molecule has 0 aliphatic carbocycles. The Kier molecular flexibility index (Phi) is 5.83. The number of thiophene rings is 1. The molecule has 2 aromatic rings. The van der Waals surface area contributed by atoms with Crippen LogP contribution in [-0.2, 0) is 13.1 Å². The molecule has 2 nitrogen and oxygen atoms in total. The number of anilines is 1. The van der Waals surface area contributed by atoms with Crippen molar-refractivity contribution >= 4 is 17.0 Å². The van der Waals surface area contributed by atoms with Crippen LogP contribution in [-0.4, -0.2) is 13.6 Å². The Morgan fingerprint density at radius 3 is 2.62 bits per heavy atom. The normalized spacial score (nSPS) is 11.1. The number of nitrogens with zero attached hydrogens (tertiary/aromatic N) is 1. The summed E-state index contributed by atoms with van der Waals surface area (Å²) in [4.78, 5) is 5.15. The Balaban J connectivity index is 1.90. The van der Waals surface area contributed by atoms with Crippen LogP contribution in [0.5, 0.6) is 0 Å². The van der Waals surface area contributed by atoms with Crippen LogP contribution in [0, 0.1) is 12.8 Å². The van der Waals surface area contributed by atoms with E-state index in [1.807, 2.05) is 11.3 Å². The molecule has 0 aliphatic heterocycles. The lowest BCUT2D eigenvalue weighted by atomic mass is 10.2. The Morgan fingerprint density at radius 2 is 1.90 bits per heavy atom. The van der Waals surface area contributed by atoms with Crippen molar-refractivity contribution in [3.05, 3.63) is 51.7 Å². The van der Waals surface area contributed by atoms with Gasteiger partial charge >= 0.3 is 0 Å². The Labute approximate surface area is 132 Å². The van der Waals surface area contributed by atoms with E-state index < -0.39 is 0 Å². The standard InChI is InChI=1S/C18H26N2S/c1-14(2)11-19-12-17-8-9-18(21-17)13-20(4)16-7-5-6-15(3)10-16/h5-10,14,19H,11-13H2,1-4H3. The first-order valence-corrected chi connectivity index (χ1v) is 8.42. The third-order valence-electron chi connectivity index (χ3n) is 3.40. The summed E-state index contributed by atoms with van der Waals surface area (Å²) in [7, 11) is 2.16. The zero-order valence-corrected chi connectivity index (χ0v) is 14.3. The molecule has 3 heteroatoms. The second-order valence-electron chi connectivity index (χ2n) is 6.09. The zero-order valence-electron chi connectivity index (χ0n) is 13.5. The summed E-state index contributed by atoms with van der Waals surface area (Å²) >= 11 is 1.91. The highest BCUT2D eigenvalue weighted by atomic mass is 32.1. The first-order chi connectivity index (χ1) is 10.0. The van der Waals surface area contributed by atoms with Gasteiger partial charge in [-0.3, -0.25) is 0 Å². The Morgan fingerprint density at radius 1 is 1.14 bits per heavy atom. The van der Waals surface area contributed by atoms with E-state index in [0.717, 1.165) is 19.6 Å². The molecule has 0 spiro atoms. The molecule has 2 rings (SSSR count). The Hall–Kier alpha value is -1.32. The van der Waals surface area contributed by atoms with Crippen LogP contribution in [0.4, 0.5) is 5.69 Å². The summed E-state index contributed by atoms with van der Waals surface area (Å²) in [5, 5.41) is 3.50. The summed E-state index contributed by atoms with van der Waals surface area (Å²) in [6.07, 6.45) is 0. The molecular formula is C18H26N2S. The lowest BCUT2D eigenvalue weighted by Gasteiger charge is -2.18. The van der Waals surface area contributed by atoms with Crippen molar-refractivity contribution in [1.82, 2.24) is 5.32 Å². The van der Waals surface area contributed by atoms with Crippen LogP contribution in [0.2, 0.25) is 0 Å². The predicted octanol–water partition coefficient (Wildman–Crippen LogP) is 4.44. The van der Waals surface area contributed by atoms with Crippen molar-refractivity contribution in [3.8, 4) is 0 Å². The number of rotatable bonds is 7. The molecule has 0 radical (unpaired) electrons. The minimum absolute atomic E-state index is 0.705. The van der Waals surface area contributed by atoms with Gasteiger partial charge in [0, 0.05) is 29.0 Å². The van der Waals surface area contributed by atoms with Gasteiger partial charge in [0.05, 0.1) is 6.54 Å². The second kappa shape index (κ2) is 7.62. The molecule has 0 aliphatic rings. The molecule has 21 heavy (non-hydrogen) atoms. The largest absolute Gasteiger partial charge is 0.369 e. The van der Waals surface area contributed by atoms with Gasteiger partial charge in [-0.15, -0.1) is 11.3 Å². The van der Waals surface area contributed by atoms with Gasteiger partial charge in [0.2, 0.25) is 0 Å². The van der Waals surface area contributed by atoms with E-state index in [9.17, 15) is 0 Å². The number of hydrogen-bond donors (Lipinski definition) is 1. The van der Waals surface area contributed by atoms with E-state index in [4.69, 9.17) is 0 Å². The molecule has 0 bridgehead atoms. The summed E-state index contributed by atoms with van der Waals surface area (Å²) in [6, 6.07) is 13.2. The monoisotopic (exact) mass is 302 g/mol. The summed E-state index contributed by atoms with van der Waals surface area (Å²) in [5.41, 5.74) is 2.59. The molecule has 1 aromatic carbocycles. The number of benzene rings is 1. The minimum Gasteiger partial charge on any atom is -0.369 e. The Bertz CT molecular complexity index is 560. The van der Waals surface area contributed by atoms with Gasteiger partial charge in [-0.1, -0.05) is 26.0 Å². The fraction of sp³-hybridized carbons (Fsp3) is 0.444. The molecule has 1 aromatic heterocycles. The van der Waals surface area contributed by atoms with E-state index in [2.05, 4.69) is 74.4 Å². The lowest BCUT2D eigenvalue weighted by Crippen LogP contribution is -2.18. The van der Waals surface area contributed by atoms with Crippen molar-refractivity contribution < 1.29 is 0 Å². The van der Waals surface area contributed by atoms with Crippen LogP contribution < -0.4 is 10.2 Å². The highest BCUT2D eigenvalue weighted by Gasteiger charge is 2.05. The summed E-state index contributed by atoms with van der Waals surface area (Å²) < 4.78 is 0. The van der Waals surface area contributed by atoms with Crippen molar-refractivity contribution in [2.24, 2.45) is 5.92 Å². The number of nitrogens with one attached hydrogen (secondary N) is 1. The van der Waals surface area contributed by atoms with Crippen molar-refractivity contribution in [2.75, 3.05) is 18.5 Å². The quantitative estimate of drug-likeness (QED) is 0.813. The van der Waals surface area contributed by atoms with Gasteiger partial charge in [-0.25, -0.2) is 0 Å². The summed E-state index contributed by atoms with van der Waals surface area (Å²) in [6.45, 7) is 9.65. The highest BCUT2D eigenvalue weighted by Crippen LogP contribution is 2.21. The van der Waals surface area contributed by atoms with Crippen molar-refractivity contribution in [2.45, 2.75) is 33.9 Å². The van der Waals surface area contributed by atoms with Crippen molar-refractivity contribution in [1.29, 1.82) is 0 Å². The summed E-state index contributed by atoms with van der Waals surface area (Å²) in [5.74, 6) is 0.705. The van der Waals surface area contributed by atoms with Crippen LogP contribution in [0.25, 0.3) is 0 Å². The van der Waals surface area contributed by atoms with E-state index in [1.165, 1.54) is 21.0 Å². The predicted molar refractivity (Wildman–Crippen MR) is 94.1 cm³/mol. The molecule has 0 saturated carbocycles. The van der Waals surface area contributed by atoms with Gasteiger partial charge in [-0.05, 0) is 49.2 Å². The maximum atomic E-state index is 3.50. The van der Waals surface area contributed by atoms with Crippen LogP contribution in [0.15, 0.2) is 36.4 Å². The van der Waals surface area contributed by atoms with Crippen LogP contribution >= 0.6 is 11.3 Å². The van der Waals surface area contributed by atoms with Crippen LogP contribution in [0.3, 0.4) is 0 Å². The van der Waals surface area contributed by atoms with Gasteiger partial charge in [-0.2, -0.15) is 0 Å². The van der Waals surface area contributed by atoms with Crippen molar-refractivity contribution in [3.63, 3.8) is 0 Å². The first kappa shape index (κ1) is 16.1. The van der Waals surface area contributed by atoms with E-state index in [0.29, 0.717) is 5.92 Å². The molecule has 1 heterocycles. The maximum Gasteiger partial charge on any atom is 0.0519 e. The molecule has 0 amide bonds. The number of hydrogen-bond acceptors (Lipinski definition) is 3. The van der Waals surface area contributed by atoms with Gasteiger partial charge in [0.1, 0.15) is 0 Å². The zero-order chi connectivity index (χ0) is 15.2. The second-order valence-corrected chi connectivity index (χ2v) is 7.34. The third kappa shape index (κ3) is 5.18. The molecule has 0 unspecified atom stereocenters. The SMILES string of the molecule is Cc1cccc(N(C)Cc2ccc(CNCC(C)C)s2)c1. The fourth-order valence-corrected chi connectivity index (χ4v) is 3.32. The molecule has 114 valence electrons. The smallest absolute Gasteiger partial charge is 0.0519 e. The maximum absolute atomic E-state index is 3.50. The van der Waals surface area contributed by atoms with E-state index in [1.54, 1.807) is 0 Å².